The number of alkyl carbamates (subject to hydrolysis) is 1. The summed E-state index contributed by atoms with van der Waals surface area (Å²) in [7, 11) is 0. The highest BCUT2D eigenvalue weighted by molar-refractivity contribution is 5.88. The van der Waals surface area contributed by atoms with Crippen molar-refractivity contribution in [2.45, 2.75) is 78.4 Å². The van der Waals surface area contributed by atoms with E-state index in [9.17, 15) is 19.5 Å². The molecule has 2 N–H and O–H groups in total. The SMILES string of the molecule is CC(C)C[C@H](NC(=O)OCc1ccccc1)C(=O)N1CCC(C(=O)[C@H](CC(C)C)OCc2ccccc2)C(O)C1. The number of piperidine rings is 1. The largest absolute Gasteiger partial charge is 0.445 e. The third kappa shape index (κ3) is 9.75. The van der Waals surface area contributed by atoms with Crippen LogP contribution in [0.5, 0.6) is 0 Å². The molecule has 0 aliphatic carbocycles. The summed E-state index contributed by atoms with van der Waals surface area (Å²) in [5.74, 6) is -0.630. The number of carbonyl (C=O) groups is 3. The number of hydrogen-bond donors (Lipinski definition) is 2. The first-order valence-electron chi connectivity index (χ1n) is 14.3. The fourth-order valence-electron chi connectivity index (χ4n) is 4.99. The zero-order chi connectivity index (χ0) is 29.1. The Labute approximate surface area is 238 Å². The second kappa shape index (κ2) is 15.5. The molecule has 2 amide bonds. The lowest BCUT2D eigenvalue weighted by atomic mass is 9.85. The number of nitrogens with zero attached hydrogens (tertiary/aromatic N) is 1. The summed E-state index contributed by atoms with van der Waals surface area (Å²) in [6, 6.07) is 18.2. The molecule has 1 aliphatic rings. The van der Waals surface area contributed by atoms with Crippen molar-refractivity contribution in [1.29, 1.82) is 0 Å². The highest BCUT2D eigenvalue weighted by Crippen LogP contribution is 2.25. The van der Waals surface area contributed by atoms with Gasteiger partial charge in [-0.1, -0.05) is 88.4 Å². The molecular weight excluding hydrogens is 508 g/mol. The van der Waals surface area contributed by atoms with E-state index in [1.54, 1.807) is 4.90 Å². The van der Waals surface area contributed by atoms with E-state index < -0.39 is 30.3 Å². The zero-order valence-corrected chi connectivity index (χ0v) is 24.1. The van der Waals surface area contributed by atoms with Crippen LogP contribution in [-0.2, 0) is 32.3 Å². The molecule has 1 saturated heterocycles. The molecule has 40 heavy (non-hydrogen) atoms. The molecule has 8 heteroatoms. The number of Topliss-reactive ketones (excluding diaryl/α,β-unsaturated/α-hetero) is 1. The van der Waals surface area contributed by atoms with Crippen LogP contribution >= 0.6 is 0 Å². The van der Waals surface area contributed by atoms with Gasteiger partial charge in [0.2, 0.25) is 5.91 Å². The number of aliphatic hydroxyl groups is 1. The van der Waals surface area contributed by atoms with E-state index in [2.05, 4.69) is 5.32 Å². The van der Waals surface area contributed by atoms with E-state index >= 15 is 0 Å². The lowest BCUT2D eigenvalue weighted by Crippen LogP contribution is -2.56. The predicted molar refractivity (Wildman–Crippen MR) is 153 cm³/mol. The molecule has 2 unspecified atom stereocenters. The summed E-state index contributed by atoms with van der Waals surface area (Å²) in [5, 5.41) is 13.7. The summed E-state index contributed by atoms with van der Waals surface area (Å²) >= 11 is 0. The summed E-state index contributed by atoms with van der Waals surface area (Å²) in [5.41, 5.74) is 1.83. The van der Waals surface area contributed by atoms with Crippen molar-refractivity contribution in [3.8, 4) is 0 Å². The molecule has 0 radical (unpaired) electrons. The molecule has 0 saturated carbocycles. The van der Waals surface area contributed by atoms with Gasteiger partial charge in [-0.05, 0) is 42.2 Å². The fourth-order valence-corrected chi connectivity index (χ4v) is 4.99. The molecule has 3 rings (SSSR count). The summed E-state index contributed by atoms with van der Waals surface area (Å²) < 4.78 is 11.4. The van der Waals surface area contributed by atoms with Gasteiger partial charge in [0, 0.05) is 19.0 Å². The van der Waals surface area contributed by atoms with Crippen LogP contribution in [0.1, 0.15) is 58.1 Å². The average Bonchev–Trinajstić information content (AvgIpc) is 2.93. The van der Waals surface area contributed by atoms with Crippen molar-refractivity contribution in [2.24, 2.45) is 17.8 Å². The van der Waals surface area contributed by atoms with Gasteiger partial charge in [-0.3, -0.25) is 9.59 Å². The Balaban J connectivity index is 1.59. The van der Waals surface area contributed by atoms with Crippen LogP contribution in [0.2, 0.25) is 0 Å². The van der Waals surface area contributed by atoms with Crippen LogP contribution in [0.15, 0.2) is 60.7 Å². The molecule has 2 aromatic rings. The number of carbonyl (C=O) groups excluding carboxylic acids is 3. The molecule has 1 fully saturated rings. The molecule has 218 valence electrons. The van der Waals surface area contributed by atoms with Crippen LogP contribution in [0, 0.1) is 17.8 Å². The van der Waals surface area contributed by atoms with Gasteiger partial charge in [0.05, 0.1) is 12.7 Å². The van der Waals surface area contributed by atoms with Crippen LogP contribution in [0.4, 0.5) is 4.79 Å². The third-order valence-corrected chi connectivity index (χ3v) is 7.07. The van der Waals surface area contributed by atoms with Gasteiger partial charge in [0.1, 0.15) is 18.8 Å². The maximum absolute atomic E-state index is 13.5. The van der Waals surface area contributed by atoms with Crippen molar-refractivity contribution in [3.05, 3.63) is 71.8 Å². The van der Waals surface area contributed by atoms with Crippen LogP contribution < -0.4 is 5.32 Å². The molecular formula is C32H44N2O6. The Morgan fingerprint density at radius 3 is 2.02 bits per heavy atom. The van der Waals surface area contributed by atoms with Gasteiger partial charge in [-0.25, -0.2) is 4.79 Å². The number of likely N-dealkylation sites (tertiary alicyclic amines) is 1. The number of amides is 2. The zero-order valence-electron chi connectivity index (χ0n) is 24.1. The second-order valence-electron chi connectivity index (χ2n) is 11.5. The number of nitrogens with one attached hydrogen (secondary N) is 1. The van der Waals surface area contributed by atoms with Gasteiger partial charge in [-0.2, -0.15) is 0 Å². The predicted octanol–water partition coefficient (Wildman–Crippen LogP) is 4.74. The molecule has 4 atom stereocenters. The van der Waals surface area contributed by atoms with E-state index in [4.69, 9.17) is 9.47 Å². The van der Waals surface area contributed by atoms with Crippen LogP contribution in [-0.4, -0.2) is 59.1 Å². The molecule has 8 nitrogen and oxygen atoms in total. The smallest absolute Gasteiger partial charge is 0.408 e. The van der Waals surface area contributed by atoms with Crippen molar-refractivity contribution in [1.82, 2.24) is 10.2 Å². The van der Waals surface area contributed by atoms with Gasteiger partial charge in [-0.15, -0.1) is 0 Å². The number of rotatable bonds is 13. The molecule has 1 heterocycles. The normalized spacial score (nSPS) is 18.8. The standard InChI is InChI=1S/C32H44N2O6/c1-22(2)17-27(33-32(38)40-21-25-13-9-6-10-14-25)31(37)34-16-15-26(28(35)19-34)30(36)29(18-23(3)4)39-20-24-11-7-5-8-12-24/h5-14,22-23,26-29,35H,15-21H2,1-4H3,(H,33,38)/t26?,27-,28?,29-/m0/s1. The third-order valence-electron chi connectivity index (χ3n) is 7.07. The average molecular weight is 553 g/mol. The summed E-state index contributed by atoms with van der Waals surface area (Å²) in [4.78, 5) is 41.0. The minimum absolute atomic E-state index is 0.0255. The van der Waals surface area contributed by atoms with Gasteiger partial charge >= 0.3 is 6.09 Å². The Morgan fingerprint density at radius 1 is 0.900 bits per heavy atom. The van der Waals surface area contributed by atoms with Crippen molar-refractivity contribution in [3.63, 3.8) is 0 Å². The maximum atomic E-state index is 13.5. The van der Waals surface area contributed by atoms with Gasteiger partial charge < -0.3 is 24.8 Å². The van der Waals surface area contributed by atoms with Gasteiger partial charge in [0.15, 0.2) is 5.78 Å². The first kappa shape index (κ1) is 31.3. The number of β-amino-alcohol motifs (C(OH)–C–C–N with tert-alkyl or cyclic N) is 1. The Kier molecular flexibility index (Phi) is 12.2. The maximum Gasteiger partial charge on any atom is 0.408 e. The van der Waals surface area contributed by atoms with Crippen LogP contribution in [0.3, 0.4) is 0 Å². The van der Waals surface area contributed by atoms with Crippen molar-refractivity contribution >= 4 is 17.8 Å². The number of hydrogen-bond acceptors (Lipinski definition) is 6. The Bertz CT molecular complexity index is 1080. The first-order valence-corrected chi connectivity index (χ1v) is 14.3. The quantitative estimate of drug-likeness (QED) is 0.372. The highest BCUT2D eigenvalue weighted by Gasteiger charge is 2.39. The van der Waals surface area contributed by atoms with Gasteiger partial charge in [0.25, 0.3) is 0 Å². The topological polar surface area (TPSA) is 105 Å². The lowest BCUT2D eigenvalue weighted by Gasteiger charge is -2.38. The minimum atomic E-state index is -1.01. The first-order chi connectivity index (χ1) is 19.1. The number of ether oxygens (including phenoxy) is 2. The number of benzene rings is 2. The van der Waals surface area contributed by atoms with Crippen LogP contribution in [0.25, 0.3) is 0 Å². The van der Waals surface area contributed by atoms with Crippen molar-refractivity contribution < 1.29 is 29.0 Å². The Hall–Kier alpha value is -3.23. The number of aliphatic hydroxyl groups excluding tert-OH is 1. The minimum Gasteiger partial charge on any atom is -0.445 e. The monoisotopic (exact) mass is 552 g/mol. The van der Waals surface area contributed by atoms with E-state index in [0.29, 0.717) is 32.4 Å². The fraction of sp³-hybridized carbons (Fsp3) is 0.531. The Morgan fingerprint density at radius 2 is 1.48 bits per heavy atom. The van der Waals surface area contributed by atoms with E-state index in [-0.39, 0.29) is 36.7 Å². The molecule has 0 spiro atoms. The summed E-state index contributed by atoms with van der Waals surface area (Å²) in [6.07, 6.45) is -0.981. The highest BCUT2D eigenvalue weighted by atomic mass is 16.5. The molecule has 1 aliphatic heterocycles. The molecule has 0 aromatic heterocycles. The summed E-state index contributed by atoms with van der Waals surface area (Å²) in [6.45, 7) is 8.79. The van der Waals surface area contributed by atoms with E-state index in [1.165, 1.54) is 0 Å². The lowest BCUT2D eigenvalue weighted by molar-refractivity contribution is -0.148. The molecule has 2 aromatic carbocycles. The van der Waals surface area contributed by atoms with E-state index in [0.717, 1.165) is 11.1 Å². The van der Waals surface area contributed by atoms with E-state index in [1.807, 2.05) is 88.4 Å². The number of ketones is 1. The van der Waals surface area contributed by atoms with Crippen molar-refractivity contribution in [2.75, 3.05) is 13.1 Å². The second-order valence-corrected chi connectivity index (χ2v) is 11.5. The molecule has 0 bridgehead atoms.